The van der Waals surface area contributed by atoms with Gasteiger partial charge in [-0.1, -0.05) is 18.2 Å². The highest BCUT2D eigenvalue weighted by molar-refractivity contribution is 5.59. The average Bonchev–Trinajstić information content (AvgIpc) is 2.42. The number of hydrogen-bond donors (Lipinski definition) is 1. The van der Waals surface area contributed by atoms with Crippen molar-refractivity contribution in [2.75, 3.05) is 11.4 Å². The van der Waals surface area contributed by atoms with Crippen LogP contribution in [0, 0.1) is 0 Å². The molecule has 0 aliphatic rings. The second kappa shape index (κ2) is 5.41. The minimum Gasteiger partial charge on any atom is -0.325 e. The molecule has 2 rings (SSSR count). The molecule has 17 heavy (non-hydrogen) atoms. The van der Waals surface area contributed by atoms with Crippen LogP contribution in [0.2, 0.25) is 0 Å². The van der Waals surface area contributed by atoms with Crippen LogP contribution in [0.25, 0.3) is 0 Å². The van der Waals surface area contributed by atoms with E-state index in [1.54, 1.807) is 0 Å². The number of nitrogens with zero attached hydrogens (tertiary/aromatic N) is 3. The molecule has 0 spiro atoms. The first kappa shape index (κ1) is 11.5. The van der Waals surface area contributed by atoms with Gasteiger partial charge < -0.3 is 10.6 Å². The van der Waals surface area contributed by atoms with Crippen molar-refractivity contribution in [3.63, 3.8) is 0 Å². The number of anilines is 2. The molecule has 0 saturated heterocycles. The molecule has 88 valence electrons. The highest BCUT2D eigenvalue weighted by Gasteiger charge is 2.08. The van der Waals surface area contributed by atoms with Crippen LogP contribution in [0.5, 0.6) is 0 Å². The highest BCUT2D eigenvalue weighted by atomic mass is 15.3. The van der Waals surface area contributed by atoms with Gasteiger partial charge in [0, 0.05) is 18.8 Å². The van der Waals surface area contributed by atoms with E-state index < -0.39 is 0 Å². The summed E-state index contributed by atoms with van der Waals surface area (Å²) in [5.74, 6) is 0.843. The van der Waals surface area contributed by atoms with E-state index in [4.69, 9.17) is 5.73 Å². The van der Waals surface area contributed by atoms with E-state index in [-0.39, 0.29) is 0 Å². The Bertz CT molecular complexity index is 453. The van der Waals surface area contributed by atoms with Crippen molar-refractivity contribution in [2.24, 2.45) is 5.73 Å². The Labute approximate surface area is 101 Å². The molecule has 0 unspecified atom stereocenters. The lowest BCUT2D eigenvalue weighted by Gasteiger charge is -2.21. The van der Waals surface area contributed by atoms with Gasteiger partial charge in [-0.15, -0.1) is 5.10 Å². The molecule has 1 heterocycles. The third kappa shape index (κ3) is 2.60. The zero-order chi connectivity index (χ0) is 12.1. The SMILES string of the molecule is CCN(c1ccccc1)c1ccc(CN)nn1. The maximum atomic E-state index is 5.50. The van der Waals surface area contributed by atoms with Gasteiger partial charge in [0.25, 0.3) is 0 Å². The van der Waals surface area contributed by atoms with E-state index in [1.165, 1.54) is 0 Å². The normalized spacial score (nSPS) is 10.2. The lowest BCUT2D eigenvalue weighted by Crippen LogP contribution is -2.18. The van der Waals surface area contributed by atoms with Crippen molar-refractivity contribution >= 4 is 11.5 Å². The summed E-state index contributed by atoms with van der Waals surface area (Å²) in [6.45, 7) is 3.36. The number of benzene rings is 1. The van der Waals surface area contributed by atoms with Gasteiger partial charge in [0.1, 0.15) is 0 Å². The van der Waals surface area contributed by atoms with E-state index in [9.17, 15) is 0 Å². The predicted molar refractivity (Wildman–Crippen MR) is 69.0 cm³/mol. The number of para-hydroxylation sites is 1. The summed E-state index contributed by atoms with van der Waals surface area (Å²) in [5, 5.41) is 8.27. The van der Waals surface area contributed by atoms with Crippen LogP contribution in [-0.4, -0.2) is 16.7 Å². The Balaban J connectivity index is 2.29. The van der Waals surface area contributed by atoms with E-state index in [0.717, 1.165) is 23.7 Å². The molecule has 0 atom stereocenters. The molecule has 0 fully saturated rings. The summed E-state index contributed by atoms with van der Waals surface area (Å²) in [5.41, 5.74) is 7.42. The topological polar surface area (TPSA) is 55.0 Å². The third-order valence-corrected chi connectivity index (χ3v) is 2.58. The second-order valence-corrected chi connectivity index (χ2v) is 3.67. The van der Waals surface area contributed by atoms with E-state index in [0.29, 0.717) is 6.54 Å². The van der Waals surface area contributed by atoms with Gasteiger partial charge in [0.05, 0.1) is 5.69 Å². The zero-order valence-corrected chi connectivity index (χ0v) is 9.87. The summed E-state index contributed by atoms with van der Waals surface area (Å²) in [6.07, 6.45) is 0. The fourth-order valence-corrected chi connectivity index (χ4v) is 1.69. The van der Waals surface area contributed by atoms with Gasteiger partial charge in [-0.2, -0.15) is 5.10 Å². The minimum atomic E-state index is 0.421. The largest absolute Gasteiger partial charge is 0.325 e. The van der Waals surface area contributed by atoms with E-state index in [2.05, 4.69) is 34.2 Å². The molecule has 0 radical (unpaired) electrons. The number of rotatable bonds is 4. The maximum Gasteiger partial charge on any atom is 0.155 e. The Hall–Kier alpha value is -1.94. The van der Waals surface area contributed by atoms with E-state index in [1.807, 2.05) is 30.3 Å². The average molecular weight is 228 g/mol. The van der Waals surface area contributed by atoms with Crippen molar-refractivity contribution in [1.29, 1.82) is 0 Å². The second-order valence-electron chi connectivity index (χ2n) is 3.67. The molecule has 0 aliphatic carbocycles. The molecule has 1 aromatic heterocycles. The van der Waals surface area contributed by atoms with Crippen LogP contribution < -0.4 is 10.6 Å². The zero-order valence-electron chi connectivity index (χ0n) is 9.87. The Morgan fingerprint density at radius 2 is 1.82 bits per heavy atom. The molecule has 2 N–H and O–H groups in total. The fourth-order valence-electron chi connectivity index (χ4n) is 1.69. The van der Waals surface area contributed by atoms with Gasteiger partial charge >= 0.3 is 0 Å². The Morgan fingerprint density at radius 1 is 1.06 bits per heavy atom. The molecule has 0 amide bonds. The van der Waals surface area contributed by atoms with Crippen molar-refractivity contribution in [1.82, 2.24) is 10.2 Å². The van der Waals surface area contributed by atoms with Crippen molar-refractivity contribution in [3.05, 3.63) is 48.2 Å². The van der Waals surface area contributed by atoms with Gasteiger partial charge in [-0.3, -0.25) is 0 Å². The number of hydrogen-bond acceptors (Lipinski definition) is 4. The number of nitrogens with two attached hydrogens (primary N) is 1. The smallest absolute Gasteiger partial charge is 0.155 e. The summed E-state index contributed by atoms with van der Waals surface area (Å²) < 4.78 is 0. The van der Waals surface area contributed by atoms with Gasteiger partial charge in [0.15, 0.2) is 5.82 Å². The van der Waals surface area contributed by atoms with Crippen LogP contribution >= 0.6 is 0 Å². The first-order chi connectivity index (χ1) is 8.35. The molecule has 1 aromatic carbocycles. The lowest BCUT2D eigenvalue weighted by molar-refractivity contribution is 0.870. The molecule has 2 aromatic rings. The fraction of sp³-hybridized carbons (Fsp3) is 0.231. The minimum absolute atomic E-state index is 0.421. The molecule has 0 aliphatic heterocycles. The van der Waals surface area contributed by atoms with Crippen LogP contribution in [-0.2, 0) is 6.54 Å². The van der Waals surface area contributed by atoms with Crippen molar-refractivity contribution in [3.8, 4) is 0 Å². The Morgan fingerprint density at radius 3 is 2.35 bits per heavy atom. The molecule has 0 saturated carbocycles. The van der Waals surface area contributed by atoms with Gasteiger partial charge in [0.2, 0.25) is 0 Å². The van der Waals surface area contributed by atoms with E-state index >= 15 is 0 Å². The van der Waals surface area contributed by atoms with Crippen molar-refractivity contribution < 1.29 is 0 Å². The molecular formula is C13H16N4. The van der Waals surface area contributed by atoms with Gasteiger partial charge in [-0.25, -0.2) is 0 Å². The lowest BCUT2D eigenvalue weighted by atomic mass is 10.3. The van der Waals surface area contributed by atoms with Crippen LogP contribution in [0.4, 0.5) is 11.5 Å². The quantitative estimate of drug-likeness (QED) is 0.870. The van der Waals surface area contributed by atoms with Crippen LogP contribution in [0.3, 0.4) is 0 Å². The summed E-state index contributed by atoms with van der Waals surface area (Å²) >= 11 is 0. The standard InChI is InChI=1S/C13H16N4/c1-2-17(12-6-4-3-5-7-12)13-9-8-11(10-14)15-16-13/h3-9H,2,10,14H2,1H3. The summed E-state index contributed by atoms with van der Waals surface area (Å²) in [6, 6.07) is 14.0. The highest BCUT2D eigenvalue weighted by Crippen LogP contribution is 2.21. The predicted octanol–water partition coefficient (Wildman–Crippen LogP) is 2.09. The molecule has 4 heteroatoms. The molecule has 4 nitrogen and oxygen atoms in total. The summed E-state index contributed by atoms with van der Waals surface area (Å²) in [4.78, 5) is 2.10. The van der Waals surface area contributed by atoms with Crippen LogP contribution in [0.15, 0.2) is 42.5 Å². The molecule has 0 bridgehead atoms. The van der Waals surface area contributed by atoms with Crippen molar-refractivity contribution in [2.45, 2.75) is 13.5 Å². The third-order valence-electron chi connectivity index (χ3n) is 2.58. The monoisotopic (exact) mass is 228 g/mol. The van der Waals surface area contributed by atoms with Crippen LogP contribution in [0.1, 0.15) is 12.6 Å². The Kier molecular flexibility index (Phi) is 3.67. The van der Waals surface area contributed by atoms with Gasteiger partial charge in [-0.05, 0) is 31.2 Å². The first-order valence-electron chi connectivity index (χ1n) is 5.70. The maximum absolute atomic E-state index is 5.50. The first-order valence-corrected chi connectivity index (χ1v) is 5.70. The summed E-state index contributed by atoms with van der Waals surface area (Å²) in [7, 11) is 0. The number of aromatic nitrogens is 2. The molecular weight excluding hydrogens is 212 g/mol.